The number of nitrogens with one attached hydrogen (secondary N) is 1. The molecule has 0 spiro atoms. The summed E-state index contributed by atoms with van der Waals surface area (Å²) in [6.07, 6.45) is 8.96. The number of benzene rings is 3. The molecule has 0 atom stereocenters. The van der Waals surface area contributed by atoms with E-state index < -0.39 is 10.0 Å². The third kappa shape index (κ3) is 5.67. The zero-order chi connectivity index (χ0) is 27.4. The number of anilines is 2. The molecule has 1 saturated heterocycles. The third-order valence-corrected chi connectivity index (χ3v) is 8.81. The van der Waals surface area contributed by atoms with Crippen LogP contribution in [-0.4, -0.2) is 55.1 Å². The Balaban J connectivity index is 1.34. The number of nitrogens with zero attached hydrogens (tertiary/aromatic N) is 4. The summed E-state index contributed by atoms with van der Waals surface area (Å²) in [6, 6.07) is 22.1. The van der Waals surface area contributed by atoms with Crippen LogP contribution in [0, 0.1) is 12.3 Å². The molecule has 8 nitrogen and oxygen atoms in total. The largest absolute Gasteiger partial charge is 0.372 e. The Labute approximate surface area is 229 Å². The van der Waals surface area contributed by atoms with E-state index >= 15 is 0 Å². The molecule has 1 aliphatic rings. The quantitative estimate of drug-likeness (QED) is 0.330. The van der Waals surface area contributed by atoms with Crippen molar-refractivity contribution in [3.8, 4) is 12.3 Å². The lowest BCUT2D eigenvalue weighted by Crippen LogP contribution is -2.29. The van der Waals surface area contributed by atoms with E-state index in [0.717, 1.165) is 33.9 Å². The molecular weight excluding hydrogens is 510 g/mol. The summed E-state index contributed by atoms with van der Waals surface area (Å²) in [5, 5.41) is 8.37. The number of aromatic nitrogens is 2. The summed E-state index contributed by atoms with van der Waals surface area (Å²) >= 11 is 0. The molecular formula is C30H31N5O3S. The van der Waals surface area contributed by atoms with Gasteiger partial charge in [0.2, 0.25) is 10.0 Å². The molecule has 0 unspecified atom stereocenters. The molecule has 9 heteroatoms. The number of hydrogen-bond acceptors (Lipinski definition) is 5. The maximum Gasteiger partial charge on any atom is 0.276 e. The molecule has 200 valence electrons. The van der Waals surface area contributed by atoms with Crippen LogP contribution in [0.15, 0.2) is 77.7 Å². The number of hydrogen-bond donors (Lipinski definition) is 1. The van der Waals surface area contributed by atoms with Crippen LogP contribution in [0.1, 0.15) is 35.3 Å². The van der Waals surface area contributed by atoms with Crippen LogP contribution >= 0.6 is 0 Å². The van der Waals surface area contributed by atoms with Gasteiger partial charge in [-0.05, 0) is 67.3 Å². The number of sulfonamides is 1. The number of carbonyl (C=O) groups is 1. The van der Waals surface area contributed by atoms with Crippen molar-refractivity contribution < 1.29 is 13.2 Å². The smallest absolute Gasteiger partial charge is 0.276 e. The first-order valence-electron chi connectivity index (χ1n) is 13.0. The van der Waals surface area contributed by atoms with Crippen molar-refractivity contribution in [3.05, 3.63) is 84.1 Å². The lowest BCUT2D eigenvalue weighted by atomic mass is 10.1. The second-order valence-corrected chi connectivity index (χ2v) is 11.7. The predicted octanol–water partition coefficient (Wildman–Crippen LogP) is 4.58. The van der Waals surface area contributed by atoms with E-state index in [4.69, 9.17) is 6.42 Å². The van der Waals surface area contributed by atoms with Crippen LogP contribution in [0.4, 0.5) is 11.4 Å². The van der Waals surface area contributed by atoms with Gasteiger partial charge >= 0.3 is 0 Å². The van der Waals surface area contributed by atoms with E-state index in [9.17, 15) is 13.2 Å². The summed E-state index contributed by atoms with van der Waals surface area (Å²) in [7, 11) is -2.21. The molecule has 0 bridgehead atoms. The van der Waals surface area contributed by atoms with E-state index in [1.165, 1.54) is 32.0 Å². The topological polar surface area (TPSA) is 87.5 Å². The van der Waals surface area contributed by atoms with Gasteiger partial charge in [-0.3, -0.25) is 9.48 Å². The second-order valence-electron chi connectivity index (χ2n) is 9.68. The second kappa shape index (κ2) is 11.3. The number of carbonyl (C=O) groups excluding carboxylic acids is 1. The fourth-order valence-corrected chi connectivity index (χ4v) is 5.93. The maximum absolute atomic E-state index is 13.3. The van der Waals surface area contributed by atoms with Crippen LogP contribution in [0.5, 0.6) is 0 Å². The Morgan fingerprint density at radius 1 is 1.00 bits per heavy atom. The van der Waals surface area contributed by atoms with Crippen molar-refractivity contribution in [3.63, 3.8) is 0 Å². The summed E-state index contributed by atoms with van der Waals surface area (Å²) in [6.45, 7) is 2.50. The van der Waals surface area contributed by atoms with Gasteiger partial charge in [-0.2, -0.15) is 9.40 Å². The Bertz CT molecular complexity index is 1610. The molecule has 0 saturated carbocycles. The molecule has 1 amide bonds. The molecule has 3 aromatic carbocycles. The minimum atomic E-state index is -3.66. The highest BCUT2D eigenvalue weighted by Gasteiger charge is 2.21. The van der Waals surface area contributed by atoms with Crippen molar-refractivity contribution >= 4 is 38.2 Å². The van der Waals surface area contributed by atoms with E-state index in [0.29, 0.717) is 17.9 Å². The van der Waals surface area contributed by atoms with Crippen molar-refractivity contribution in [1.29, 1.82) is 0 Å². The van der Waals surface area contributed by atoms with Gasteiger partial charge in [-0.15, -0.1) is 6.42 Å². The molecule has 1 N–H and O–H groups in total. The molecule has 2 heterocycles. The first-order valence-corrected chi connectivity index (χ1v) is 14.4. The van der Waals surface area contributed by atoms with Gasteiger partial charge < -0.3 is 10.2 Å². The average Bonchev–Trinajstić information content (AvgIpc) is 3.33. The fourth-order valence-electron chi connectivity index (χ4n) is 4.85. The highest BCUT2D eigenvalue weighted by molar-refractivity contribution is 7.89. The summed E-state index contributed by atoms with van der Waals surface area (Å²) < 4.78 is 28.2. The first kappa shape index (κ1) is 26.5. The molecule has 5 rings (SSSR count). The fraction of sp³-hybridized carbons (Fsp3) is 0.267. The molecule has 0 aliphatic carbocycles. The highest BCUT2D eigenvalue weighted by Crippen LogP contribution is 2.24. The normalized spacial score (nSPS) is 13.9. The minimum absolute atomic E-state index is 0.00318. The van der Waals surface area contributed by atoms with Crippen LogP contribution in [0.3, 0.4) is 0 Å². The van der Waals surface area contributed by atoms with Crippen molar-refractivity contribution in [2.45, 2.75) is 30.7 Å². The Morgan fingerprint density at radius 3 is 2.38 bits per heavy atom. The Morgan fingerprint density at radius 2 is 1.69 bits per heavy atom. The maximum atomic E-state index is 13.3. The molecule has 0 radical (unpaired) electrons. The van der Waals surface area contributed by atoms with E-state index in [2.05, 4.69) is 21.2 Å². The van der Waals surface area contributed by atoms with Gasteiger partial charge in [0, 0.05) is 36.9 Å². The SMILES string of the molecule is C#CCN(C)S(=O)(=O)c1ccc(Cn2nc(C(=O)Nc3ccc(N4CCCCC4)cc3)c3ccccc32)cc1. The van der Waals surface area contributed by atoms with E-state index in [1.54, 1.807) is 28.9 Å². The van der Waals surface area contributed by atoms with E-state index in [1.807, 2.05) is 48.5 Å². The zero-order valence-electron chi connectivity index (χ0n) is 21.9. The minimum Gasteiger partial charge on any atom is -0.372 e. The van der Waals surface area contributed by atoms with Gasteiger partial charge in [0.25, 0.3) is 5.91 Å². The highest BCUT2D eigenvalue weighted by atomic mass is 32.2. The predicted molar refractivity (Wildman–Crippen MR) is 154 cm³/mol. The van der Waals surface area contributed by atoms with Crippen molar-refractivity contribution in [2.24, 2.45) is 0 Å². The summed E-state index contributed by atoms with van der Waals surface area (Å²) in [4.78, 5) is 15.8. The summed E-state index contributed by atoms with van der Waals surface area (Å²) in [5.74, 6) is 2.06. The van der Waals surface area contributed by atoms with Gasteiger partial charge in [-0.1, -0.05) is 36.3 Å². The first-order chi connectivity index (χ1) is 18.9. The van der Waals surface area contributed by atoms with Crippen LogP contribution in [0.25, 0.3) is 10.9 Å². The van der Waals surface area contributed by atoms with Gasteiger partial charge in [-0.25, -0.2) is 8.42 Å². The number of fused-ring (bicyclic) bond motifs is 1. The summed E-state index contributed by atoms with van der Waals surface area (Å²) in [5.41, 5.74) is 3.88. The number of rotatable bonds is 8. The number of terminal acetylenes is 1. The van der Waals surface area contributed by atoms with Crippen LogP contribution in [-0.2, 0) is 16.6 Å². The Kier molecular flexibility index (Phi) is 7.68. The molecule has 4 aromatic rings. The van der Waals surface area contributed by atoms with Gasteiger partial charge in [0.15, 0.2) is 5.69 Å². The van der Waals surface area contributed by atoms with Crippen molar-refractivity contribution in [2.75, 3.05) is 36.9 Å². The van der Waals surface area contributed by atoms with Crippen LogP contribution < -0.4 is 10.2 Å². The van der Waals surface area contributed by atoms with Gasteiger partial charge in [0.05, 0.1) is 23.5 Å². The lowest BCUT2D eigenvalue weighted by Gasteiger charge is -2.28. The molecule has 39 heavy (non-hydrogen) atoms. The third-order valence-electron chi connectivity index (χ3n) is 7.00. The van der Waals surface area contributed by atoms with Crippen molar-refractivity contribution in [1.82, 2.24) is 14.1 Å². The van der Waals surface area contributed by atoms with Gasteiger partial charge in [0.1, 0.15) is 0 Å². The monoisotopic (exact) mass is 541 g/mol. The van der Waals surface area contributed by atoms with Crippen LogP contribution in [0.2, 0.25) is 0 Å². The lowest BCUT2D eigenvalue weighted by molar-refractivity contribution is 0.102. The molecule has 1 fully saturated rings. The number of amides is 1. The molecule has 1 aliphatic heterocycles. The standard InChI is InChI=1S/C30H31N5O3S/c1-3-19-33(2)39(37,38)26-17-11-23(12-18-26)22-35-28-10-6-5-9-27(28)29(32-35)30(36)31-24-13-15-25(16-14-24)34-20-7-4-8-21-34/h1,5-6,9-18H,4,7-8,19-22H2,2H3,(H,31,36). The average molecular weight is 542 g/mol. The molecule has 1 aromatic heterocycles. The number of piperidine rings is 1. The number of para-hydroxylation sites is 1. The Hall–Kier alpha value is -4.13. The zero-order valence-corrected chi connectivity index (χ0v) is 22.7. The van der Waals surface area contributed by atoms with E-state index in [-0.39, 0.29) is 17.3 Å².